The second-order valence-electron chi connectivity index (χ2n) is 6.53. The van der Waals surface area contributed by atoms with Crippen LogP contribution in [0.5, 0.6) is 0 Å². The second kappa shape index (κ2) is 6.10. The van der Waals surface area contributed by atoms with Gasteiger partial charge in [0.2, 0.25) is 0 Å². The van der Waals surface area contributed by atoms with Crippen LogP contribution in [0.25, 0.3) is 22.0 Å². The molecule has 3 heteroatoms. The molecule has 25 heavy (non-hydrogen) atoms. The van der Waals surface area contributed by atoms with Crippen molar-refractivity contribution in [2.75, 3.05) is 0 Å². The lowest BCUT2D eigenvalue weighted by Gasteiger charge is -2.09. The molecular formula is C22H20N2O. The Balaban J connectivity index is 1.80. The summed E-state index contributed by atoms with van der Waals surface area (Å²) in [6.45, 7) is 2.71. The number of benzene rings is 2. The van der Waals surface area contributed by atoms with Gasteiger partial charge in [-0.2, -0.15) is 0 Å². The Morgan fingerprint density at radius 1 is 0.920 bits per heavy atom. The van der Waals surface area contributed by atoms with Gasteiger partial charge < -0.3 is 9.13 Å². The standard InChI is InChI=1S/C22H20N2O/c1-16-12-20(15-23(2)22(16)25)19-9-8-18-10-11-24(21(18)13-19)14-17-6-4-3-5-7-17/h3-13,15H,14H2,1-2H3. The first-order chi connectivity index (χ1) is 12.1. The Morgan fingerprint density at radius 2 is 1.72 bits per heavy atom. The van der Waals surface area contributed by atoms with Crippen molar-refractivity contribution < 1.29 is 0 Å². The van der Waals surface area contributed by atoms with Crippen LogP contribution in [-0.4, -0.2) is 9.13 Å². The topological polar surface area (TPSA) is 26.9 Å². The maximum absolute atomic E-state index is 11.9. The third kappa shape index (κ3) is 2.89. The minimum Gasteiger partial charge on any atom is -0.343 e. The van der Waals surface area contributed by atoms with Crippen LogP contribution in [0.4, 0.5) is 0 Å². The fourth-order valence-corrected chi connectivity index (χ4v) is 3.32. The molecule has 2 heterocycles. The Labute approximate surface area is 146 Å². The van der Waals surface area contributed by atoms with Crippen LogP contribution in [0.3, 0.4) is 0 Å². The summed E-state index contributed by atoms with van der Waals surface area (Å²) in [6, 6.07) is 21.1. The molecule has 0 saturated carbocycles. The molecule has 0 aliphatic rings. The number of nitrogens with zero attached hydrogens (tertiary/aromatic N) is 2. The maximum Gasteiger partial charge on any atom is 0.253 e. The van der Waals surface area contributed by atoms with E-state index in [1.165, 1.54) is 16.5 Å². The highest BCUT2D eigenvalue weighted by Gasteiger charge is 2.07. The van der Waals surface area contributed by atoms with E-state index in [0.717, 1.165) is 23.2 Å². The van der Waals surface area contributed by atoms with Crippen molar-refractivity contribution in [1.29, 1.82) is 0 Å². The zero-order chi connectivity index (χ0) is 17.4. The van der Waals surface area contributed by atoms with Gasteiger partial charge in [0.05, 0.1) is 0 Å². The molecule has 0 fully saturated rings. The molecule has 0 aliphatic heterocycles. The van der Waals surface area contributed by atoms with E-state index < -0.39 is 0 Å². The highest BCUT2D eigenvalue weighted by Crippen LogP contribution is 2.25. The van der Waals surface area contributed by atoms with E-state index in [-0.39, 0.29) is 5.56 Å². The Hall–Kier alpha value is -3.07. The largest absolute Gasteiger partial charge is 0.343 e. The van der Waals surface area contributed by atoms with Crippen molar-refractivity contribution >= 4 is 10.9 Å². The first kappa shape index (κ1) is 15.5. The first-order valence-electron chi connectivity index (χ1n) is 8.42. The number of rotatable bonds is 3. The van der Waals surface area contributed by atoms with E-state index in [1.54, 1.807) is 11.6 Å². The molecule has 3 nitrogen and oxygen atoms in total. The molecule has 124 valence electrons. The van der Waals surface area contributed by atoms with Crippen molar-refractivity contribution in [2.45, 2.75) is 13.5 Å². The normalized spacial score (nSPS) is 11.1. The molecule has 0 spiro atoms. The monoisotopic (exact) mass is 328 g/mol. The molecule has 0 aliphatic carbocycles. The number of aryl methyl sites for hydroxylation is 2. The summed E-state index contributed by atoms with van der Waals surface area (Å²) in [6.07, 6.45) is 4.04. The number of hydrogen-bond acceptors (Lipinski definition) is 1. The molecule has 0 atom stereocenters. The molecule has 0 saturated heterocycles. The lowest BCUT2D eigenvalue weighted by atomic mass is 10.0. The highest BCUT2D eigenvalue weighted by molar-refractivity contribution is 5.85. The summed E-state index contributed by atoms with van der Waals surface area (Å²) < 4.78 is 3.92. The van der Waals surface area contributed by atoms with E-state index >= 15 is 0 Å². The molecule has 4 aromatic rings. The van der Waals surface area contributed by atoms with E-state index in [9.17, 15) is 4.79 Å². The van der Waals surface area contributed by atoms with Crippen molar-refractivity contribution in [3.8, 4) is 11.1 Å². The summed E-state index contributed by atoms with van der Waals surface area (Å²) in [5.41, 5.74) is 5.49. The van der Waals surface area contributed by atoms with E-state index in [4.69, 9.17) is 0 Å². The van der Waals surface area contributed by atoms with Gasteiger partial charge in [0, 0.05) is 37.1 Å². The fourth-order valence-electron chi connectivity index (χ4n) is 3.32. The zero-order valence-corrected chi connectivity index (χ0v) is 14.4. The summed E-state index contributed by atoms with van der Waals surface area (Å²) in [4.78, 5) is 11.9. The minimum atomic E-state index is 0.0530. The number of aromatic nitrogens is 2. The predicted molar refractivity (Wildman–Crippen MR) is 103 cm³/mol. The molecule has 0 radical (unpaired) electrons. The Kier molecular flexibility index (Phi) is 3.77. The van der Waals surface area contributed by atoms with Crippen LogP contribution < -0.4 is 5.56 Å². The van der Waals surface area contributed by atoms with Crippen molar-refractivity contribution in [2.24, 2.45) is 7.05 Å². The van der Waals surface area contributed by atoms with Gasteiger partial charge >= 0.3 is 0 Å². The average molecular weight is 328 g/mol. The van der Waals surface area contributed by atoms with Gasteiger partial charge in [-0.1, -0.05) is 42.5 Å². The quantitative estimate of drug-likeness (QED) is 0.549. The molecule has 0 N–H and O–H groups in total. The second-order valence-corrected chi connectivity index (χ2v) is 6.53. The molecule has 2 aromatic heterocycles. The van der Waals surface area contributed by atoms with Gasteiger partial charge in [-0.15, -0.1) is 0 Å². The van der Waals surface area contributed by atoms with E-state index in [2.05, 4.69) is 59.3 Å². The van der Waals surface area contributed by atoms with Crippen LogP contribution in [-0.2, 0) is 13.6 Å². The number of hydrogen-bond donors (Lipinski definition) is 0. The van der Waals surface area contributed by atoms with Crippen molar-refractivity contribution in [3.05, 3.63) is 94.5 Å². The van der Waals surface area contributed by atoms with Crippen molar-refractivity contribution in [3.63, 3.8) is 0 Å². The third-order valence-corrected chi connectivity index (χ3v) is 4.67. The lowest BCUT2D eigenvalue weighted by molar-refractivity contribution is 0.837. The molecule has 4 rings (SSSR count). The van der Waals surface area contributed by atoms with E-state index in [0.29, 0.717) is 0 Å². The average Bonchev–Trinajstić information content (AvgIpc) is 3.02. The maximum atomic E-state index is 11.9. The third-order valence-electron chi connectivity index (χ3n) is 4.67. The smallest absolute Gasteiger partial charge is 0.253 e. The minimum absolute atomic E-state index is 0.0530. The molecule has 0 bridgehead atoms. The number of fused-ring (bicyclic) bond motifs is 1. The van der Waals surface area contributed by atoms with Crippen LogP contribution in [0, 0.1) is 6.92 Å². The Bertz CT molecular complexity index is 1080. The molecule has 0 unspecified atom stereocenters. The predicted octanol–water partition coefficient (Wildman–Crippen LogP) is 4.36. The molecular weight excluding hydrogens is 308 g/mol. The van der Waals surface area contributed by atoms with Crippen LogP contribution in [0.15, 0.2) is 77.9 Å². The molecule has 2 aromatic carbocycles. The van der Waals surface area contributed by atoms with Gasteiger partial charge in [-0.3, -0.25) is 4.79 Å². The van der Waals surface area contributed by atoms with E-state index in [1.807, 2.05) is 25.3 Å². The van der Waals surface area contributed by atoms with Crippen LogP contribution >= 0.6 is 0 Å². The number of pyridine rings is 1. The van der Waals surface area contributed by atoms with Crippen molar-refractivity contribution in [1.82, 2.24) is 9.13 Å². The fraction of sp³-hybridized carbons (Fsp3) is 0.136. The first-order valence-corrected chi connectivity index (χ1v) is 8.42. The van der Waals surface area contributed by atoms with Gasteiger partial charge in [0.15, 0.2) is 0 Å². The zero-order valence-electron chi connectivity index (χ0n) is 14.4. The van der Waals surface area contributed by atoms with Crippen LogP contribution in [0.2, 0.25) is 0 Å². The summed E-state index contributed by atoms with van der Waals surface area (Å²) in [7, 11) is 1.80. The highest BCUT2D eigenvalue weighted by atomic mass is 16.1. The van der Waals surface area contributed by atoms with Gasteiger partial charge in [0.25, 0.3) is 5.56 Å². The molecule has 0 amide bonds. The lowest BCUT2D eigenvalue weighted by Crippen LogP contribution is -2.18. The SMILES string of the molecule is Cc1cc(-c2ccc3ccn(Cc4ccccc4)c3c2)cn(C)c1=O. The van der Waals surface area contributed by atoms with Gasteiger partial charge in [-0.05, 0) is 47.2 Å². The summed E-state index contributed by atoms with van der Waals surface area (Å²) in [5, 5.41) is 1.22. The van der Waals surface area contributed by atoms with Crippen LogP contribution in [0.1, 0.15) is 11.1 Å². The summed E-state index contributed by atoms with van der Waals surface area (Å²) in [5.74, 6) is 0. The van der Waals surface area contributed by atoms with Gasteiger partial charge in [0.1, 0.15) is 0 Å². The Morgan fingerprint density at radius 3 is 2.48 bits per heavy atom. The summed E-state index contributed by atoms with van der Waals surface area (Å²) >= 11 is 0. The van der Waals surface area contributed by atoms with Gasteiger partial charge in [-0.25, -0.2) is 0 Å².